The van der Waals surface area contributed by atoms with Crippen LogP contribution in [0.5, 0.6) is 0 Å². The van der Waals surface area contributed by atoms with Gasteiger partial charge in [0.25, 0.3) is 0 Å². The molecule has 1 atom stereocenters. The highest BCUT2D eigenvalue weighted by atomic mass is 32.3. The van der Waals surface area contributed by atoms with E-state index in [4.69, 9.17) is 0 Å². The van der Waals surface area contributed by atoms with Gasteiger partial charge in [0.1, 0.15) is 0 Å². The molecular formula is C18H14O3S3. The molecule has 0 N–H and O–H groups in total. The highest BCUT2D eigenvalue weighted by Gasteiger charge is 2.36. The van der Waals surface area contributed by atoms with Crippen molar-refractivity contribution in [3.05, 3.63) is 83.1 Å². The van der Waals surface area contributed by atoms with Crippen molar-refractivity contribution in [1.29, 1.82) is 0 Å². The maximum absolute atomic E-state index is 13.0. The Hall–Kier alpha value is -1.89. The molecule has 0 radical (unpaired) electrons. The molecular weight excluding hydrogens is 360 g/mol. The van der Waals surface area contributed by atoms with E-state index >= 15 is 0 Å². The molecule has 3 rings (SSSR count). The molecule has 0 bridgehead atoms. The maximum Gasteiger partial charge on any atom is 0.201 e. The predicted octanol–water partition coefficient (Wildman–Crippen LogP) is 4.52. The van der Waals surface area contributed by atoms with Gasteiger partial charge in [-0.3, -0.25) is 4.79 Å². The standard InChI is InChI=1S/C18H14O3S3/c19-17(16-12-7-13-22-16)18(23-14-8-3-1-4-9-14)24(20,21)15-10-5-2-6-11-15/h1-13,18H. The minimum atomic E-state index is -3.80. The number of carbonyl (C=O) groups excluding carboxylic acids is 1. The van der Waals surface area contributed by atoms with Crippen LogP contribution in [-0.4, -0.2) is 18.8 Å². The number of hydrogen-bond acceptors (Lipinski definition) is 5. The monoisotopic (exact) mass is 374 g/mol. The van der Waals surface area contributed by atoms with Gasteiger partial charge in [-0.25, -0.2) is 8.42 Å². The highest BCUT2D eigenvalue weighted by Crippen LogP contribution is 2.33. The summed E-state index contributed by atoms with van der Waals surface area (Å²) in [6.07, 6.45) is 0. The number of thioether (sulfide) groups is 1. The van der Waals surface area contributed by atoms with Crippen LogP contribution in [0.2, 0.25) is 0 Å². The van der Waals surface area contributed by atoms with Gasteiger partial charge in [-0.2, -0.15) is 0 Å². The molecule has 122 valence electrons. The summed E-state index contributed by atoms with van der Waals surface area (Å²) >= 11 is 2.32. The zero-order valence-corrected chi connectivity index (χ0v) is 15.0. The maximum atomic E-state index is 13.0. The molecule has 0 aliphatic heterocycles. The van der Waals surface area contributed by atoms with Gasteiger partial charge in [0.2, 0.25) is 5.78 Å². The summed E-state index contributed by atoms with van der Waals surface area (Å²) in [6.45, 7) is 0. The number of sulfone groups is 1. The number of carbonyl (C=O) groups is 1. The van der Waals surface area contributed by atoms with Crippen molar-refractivity contribution in [2.75, 3.05) is 0 Å². The molecule has 2 aromatic carbocycles. The van der Waals surface area contributed by atoms with E-state index in [1.807, 2.05) is 18.2 Å². The van der Waals surface area contributed by atoms with E-state index in [2.05, 4.69) is 0 Å². The lowest BCUT2D eigenvalue weighted by atomic mass is 10.3. The smallest absolute Gasteiger partial charge is 0.201 e. The molecule has 0 aliphatic carbocycles. The van der Waals surface area contributed by atoms with Gasteiger partial charge in [-0.15, -0.1) is 11.3 Å². The van der Waals surface area contributed by atoms with E-state index in [0.717, 1.165) is 16.7 Å². The topological polar surface area (TPSA) is 51.2 Å². The van der Waals surface area contributed by atoms with Gasteiger partial charge >= 0.3 is 0 Å². The zero-order chi connectivity index (χ0) is 17.0. The summed E-state index contributed by atoms with van der Waals surface area (Å²) in [5, 5.41) is 1.77. The SMILES string of the molecule is O=C(c1cccs1)C(Sc1ccccc1)S(=O)(=O)c1ccccc1. The van der Waals surface area contributed by atoms with E-state index in [1.165, 1.54) is 23.5 Å². The van der Waals surface area contributed by atoms with Crippen molar-refractivity contribution in [3.63, 3.8) is 0 Å². The van der Waals surface area contributed by atoms with Crippen LogP contribution in [0.25, 0.3) is 0 Å². The fourth-order valence-corrected chi connectivity index (χ4v) is 6.15. The van der Waals surface area contributed by atoms with Crippen LogP contribution in [0.15, 0.2) is 88.0 Å². The van der Waals surface area contributed by atoms with Gasteiger partial charge in [0, 0.05) is 4.90 Å². The third kappa shape index (κ3) is 3.61. The third-order valence-electron chi connectivity index (χ3n) is 3.32. The van der Waals surface area contributed by atoms with Crippen LogP contribution in [0.3, 0.4) is 0 Å². The molecule has 3 aromatic rings. The van der Waals surface area contributed by atoms with Gasteiger partial charge in [-0.05, 0) is 35.7 Å². The van der Waals surface area contributed by atoms with Crippen molar-refractivity contribution < 1.29 is 13.2 Å². The lowest BCUT2D eigenvalue weighted by molar-refractivity contribution is 0.101. The molecule has 0 fully saturated rings. The van der Waals surface area contributed by atoms with Crippen LogP contribution in [0.4, 0.5) is 0 Å². The van der Waals surface area contributed by atoms with Crippen LogP contribution in [0.1, 0.15) is 9.67 Å². The molecule has 24 heavy (non-hydrogen) atoms. The van der Waals surface area contributed by atoms with Gasteiger partial charge in [0.15, 0.2) is 14.4 Å². The van der Waals surface area contributed by atoms with Gasteiger partial charge in [0.05, 0.1) is 9.77 Å². The first-order valence-corrected chi connectivity index (χ1v) is 10.5. The van der Waals surface area contributed by atoms with E-state index in [9.17, 15) is 13.2 Å². The Kier molecular flexibility index (Phi) is 5.18. The van der Waals surface area contributed by atoms with Crippen LogP contribution < -0.4 is 0 Å². The molecule has 0 spiro atoms. The Bertz CT molecular complexity index is 903. The molecule has 1 heterocycles. The van der Waals surface area contributed by atoms with Crippen molar-refractivity contribution in [3.8, 4) is 0 Å². The minimum absolute atomic E-state index is 0.156. The molecule has 3 nitrogen and oxygen atoms in total. The van der Waals surface area contributed by atoms with Crippen LogP contribution in [0, 0.1) is 0 Å². The number of Topliss-reactive ketones (excluding diaryl/α,β-unsaturated/α-hetero) is 1. The lowest BCUT2D eigenvalue weighted by Gasteiger charge is -2.16. The summed E-state index contributed by atoms with van der Waals surface area (Å²) in [5.41, 5.74) is 0. The summed E-state index contributed by atoms with van der Waals surface area (Å²) in [4.78, 5) is 14.2. The van der Waals surface area contributed by atoms with Crippen molar-refractivity contribution in [2.45, 2.75) is 14.4 Å². The Morgan fingerprint density at radius 1 is 0.875 bits per heavy atom. The Morgan fingerprint density at radius 3 is 2.08 bits per heavy atom. The molecule has 6 heteroatoms. The molecule has 1 aromatic heterocycles. The lowest BCUT2D eigenvalue weighted by Crippen LogP contribution is -2.27. The van der Waals surface area contributed by atoms with Gasteiger partial charge in [-0.1, -0.05) is 54.2 Å². The normalized spacial score (nSPS) is 12.7. The van der Waals surface area contributed by atoms with E-state index < -0.39 is 14.4 Å². The number of ketones is 1. The summed E-state index contributed by atoms with van der Waals surface area (Å²) in [6, 6.07) is 20.6. The summed E-state index contributed by atoms with van der Waals surface area (Å²) < 4.78 is 24.9. The second kappa shape index (κ2) is 7.34. The Labute approximate surface area is 149 Å². The van der Waals surface area contributed by atoms with Crippen molar-refractivity contribution >= 4 is 38.7 Å². The number of benzene rings is 2. The third-order valence-corrected chi connectivity index (χ3v) is 7.93. The fourth-order valence-electron chi connectivity index (χ4n) is 2.15. The van der Waals surface area contributed by atoms with E-state index in [-0.39, 0.29) is 10.7 Å². The second-order valence-electron chi connectivity index (χ2n) is 4.96. The van der Waals surface area contributed by atoms with Crippen molar-refractivity contribution in [2.24, 2.45) is 0 Å². The average Bonchev–Trinajstić information content (AvgIpc) is 3.15. The Morgan fingerprint density at radius 2 is 1.50 bits per heavy atom. The zero-order valence-electron chi connectivity index (χ0n) is 12.5. The van der Waals surface area contributed by atoms with Crippen LogP contribution >= 0.6 is 23.1 Å². The number of thiophene rings is 1. The number of hydrogen-bond donors (Lipinski definition) is 0. The highest BCUT2D eigenvalue weighted by molar-refractivity contribution is 8.14. The molecule has 0 saturated carbocycles. The predicted molar refractivity (Wildman–Crippen MR) is 98.4 cm³/mol. The molecule has 0 saturated heterocycles. The van der Waals surface area contributed by atoms with E-state index in [0.29, 0.717) is 4.88 Å². The summed E-state index contributed by atoms with van der Waals surface area (Å²) in [5.74, 6) is -0.386. The van der Waals surface area contributed by atoms with Crippen LogP contribution in [-0.2, 0) is 9.84 Å². The first-order chi connectivity index (χ1) is 11.6. The molecule has 0 aliphatic rings. The fraction of sp³-hybridized carbons (Fsp3) is 0.0556. The first-order valence-electron chi connectivity index (χ1n) is 7.17. The minimum Gasteiger partial charge on any atom is -0.291 e. The number of rotatable bonds is 6. The Balaban J connectivity index is 2.03. The molecule has 0 amide bonds. The van der Waals surface area contributed by atoms with Crippen molar-refractivity contribution in [1.82, 2.24) is 0 Å². The summed E-state index contributed by atoms with van der Waals surface area (Å²) in [7, 11) is -3.80. The van der Waals surface area contributed by atoms with Gasteiger partial charge < -0.3 is 0 Å². The largest absolute Gasteiger partial charge is 0.291 e. The van der Waals surface area contributed by atoms with E-state index in [1.54, 1.807) is 47.8 Å². The second-order valence-corrected chi connectivity index (χ2v) is 9.42. The quantitative estimate of drug-likeness (QED) is 0.470. The first kappa shape index (κ1) is 17.0. The average molecular weight is 375 g/mol. The molecule has 1 unspecified atom stereocenters.